The number of fused-ring (bicyclic) bond motifs is 1. The molecule has 0 aliphatic heterocycles. The molecule has 26 heavy (non-hydrogen) atoms. The molecule has 0 N–H and O–H groups in total. The number of nitro groups is 1. The van der Waals surface area contributed by atoms with Crippen molar-refractivity contribution in [2.75, 3.05) is 18.0 Å². The number of benzene rings is 2. The van der Waals surface area contributed by atoms with Crippen molar-refractivity contribution >= 4 is 38.3 Å². The van der Waals surface area contributed by atoms with Gasteiger partial charge in [0.1, 0.15) is 5.75 Å². The molecule has 0 aliphatic carbocycles. The lowest BCUT2D eigenvalue weighted by atomic mass is 10.2. The SMILES string of the molecule is CCN(CC)c1nc2ccc(OC(=O)c3cccc([N+](=O)[O-])c3)cc2s1. The van der Waals surface area contributed by atoms with Gasteiger partial charge in [0.05, 0.1) is 20.7 Å². The van der Waals surface area contributed by atoms with Gasteiger partial charge in [-0.25, -0.2) is 9.78 Å². The highest BCUT2D eigenvalue weighted by molar-refractivity contribution is 7.22. The summed E-state index contributed by atoms with van der Waals surface area (Å²) in [5.74, 6) is -0.259. The first-order valence-corrected chi connectivity index (χ1v) is 8.95. The Balaban J connectivity index is 1.83. The van der Waals surface area contributed by atoms with E-state index < -0.39 is 10.9 Å². The number of hydrogen-bond acceptors (Lipinski definition) is 7. The molecule has 0 spiro atoms. The van der Waals surface area contributed by atoms with Crippen LogP contribution in [0.2, 0.25) is 0 Å². The zero-order valence-corrected chi connectivity index (χ0v) is 15.2. The Morgan fingerprint density at radius 3 is 2.69 bits per heavy atom. The molecule has 0 saturated carbocycles. The van der Waals surface area contributed by atoms with E-state index in [0.29, 0.717) is 5.75 Å². The first-order chi connectivity index (χ1) is 12.5. The maximum Gasteiger partial charge on any atom is 0.343 e. The number of hydrogen-bond donors (Lipinski definition) is 0. The molecule has 3 rings (SSSR count). The van der Waals surface area contributed by atoms with Gasteiger partial charge in [-0.15, -0.1) is 0 Å². The average molecular weight is 371 g/mol. The van der Waals surface area contributed by atoms with E-state index in [2.05, 4.69) is 23.7 Å². The van der Waals surface area contributed by atoms with Crippen LogP contribution in [0, 0.1) is 10.1 Å². The number of carbonyl (C=O) groups excluding carboxylic acids is 1. The standard InChI is InChI=1S/C18H17N3O4S/c1-3-20(4-2)18-19-15-9-8-14(11-16(15)26-18)25-17(22)12-6-5-7-13(10-12)21(23)24/h5-11H,3-4H2,1-2H3. The number of non-ortho nitro benzene ring substituents is 1. The van der Waals surface area contributed by atoms with Gasteiger partial charge < -0.3 is 9.64 Å². The Kier molecular flexibility index (Phi) is 5.13. The van der Waals surface area contributed by atoms with Crippen LogP contribution in [-0.4, -0.2) is 29.0 Å². The van der Waals surface area contributed by atoms with E-state index in [0.717, 1.165) is 28.4 Å². The number of anilines is 1. The number of rotatable bonds is 6. The van der Waals surface area contributed by atoms with Crippen molar-refractivity contribution in [3.8, 4) is 5.75 Å². The largest absolute Gasteiger partial charge is 0.423 e. The summed E-state index contributed by atoms with van der Waals surface area (Å²) in [5, 5.41) is 11.8. The van der Waals surface area contributed by atoms with Crippen LogP contribution in [0.1, 0.15) is 24.2 Å². The topological polar surface area (TPSA) is 85.6 Å². The monoisotopic (exact) mass is 371 g/mol. The molecule has 7 nitrogen and oxygen atoms in total. The number of nitrogens with zero attached hydrogens (tertiary/aromatic N) is 3. The number of carbonyl (C=O) groups is 1. The molecule has 0 atom stereocenters. The quantitative estimate of drug-likeness (QED) is 0.278. The van der Waals surface area contributed by atoms with Crippen molar-refractivity contribution in [1.82, 2.24) is 4.98 Å². The fraction of sp³-hybridized carbons (Fsp3) is 0.222. The Hall–Kier alpha value is -3.00. The molecule has 134 valence electrons. The average Bonchev–Trinajstić information content (AvgIpc) is 3.05. The molecule has 0 fully saturated rings. The molecule has 2 aromatic carbocycles. The second kappa shape index (κ2) is 7.49. The Labute approximate surface area is 154 Å². The van der Waals surface area contributed by atoms with E-state index in [1.807, 2.05) is 0 Å². The molecule has 0 radical (unpaired) electrons. The van der Waals surface area contributed by atoms with Crippen LogP contribution in [0.15, 0.2) is 42.5 Å². The summed E-state index contributed by atoms with van der Waals surface area (Å²) in [5.41, 5.74) is 0.820. The molecular formula is C18H17N3O4S. The highest BCUT2D eigenvalue weighted by atomic mass is 32.1. The van der Waals surface area contributed by atoms with Gasteiger partial charge in [0.25, 0.3) is 5.69 Å². The molecule has 0 amide bonds. The zero-order valence-electron chi connectivity index (χ0n) is 14.3. The number of thiazole rings is 1. The number of esters is 1. The van der Waals surface area contributed by atoms with Crippen molar-refractivity contribution in [3.05, 3.63) is 58.1 Å². The van der Waals surface area contributed by atoms with E-state index in [1.165, 1.54) is 35.6 Å². The minimum absolute atomic E-state index is 0.132. The lowest BCUT2D eigenvalue weighted by Gasteiger charge is -2.16. The number of aromatic nitrogens is 1. The summed E-state index contributed by atoms with van der Waals surface area (Å²) in [6, 6.07) is 10.7. The fourth-order valence-corrected chi connectivity index (χ4v) is 3.62. The molecule has 1 aromatic heterocycles. The summed E-state index contributed by atoms with van der Waals surface area (Å²) >= 11 is 1.53. The van der Waals surface area contributed by atoms with Crippen molar-refractivity contribution < 1.29 is 14.5 Å². The summed E-state index contributed by atoms with van der Waals surface area (Å²) < 4.78 is 6.28. The van der Waals surface area contributed by atoms with Crippen LogP contribution >= 0.6 is 11.3 Å². The summed E-state index contributed by atoms with van der Waals surface area (Å²) in [6.07, 6.45) is 0. The van der Waals surface area contributed by atoms with Crippen LogP contribution in [-0.2, 0) is 0 Å². The summed E-state index contributed by atoms with van der Waals surface area (Å²) in [6.45, 7) is 5.87. The van der Waals surface area contributed by atoms with Gasteiger partial charge in [0.15, 0.2) is 5.13 Å². The second-order valence-corrected chi connectivity index (χ2v) is 6.50. The number of ether oxygens (including phenoxy) is 1. The molecule has 0 unspecified atom stereocenters. The van der Waals surface area contributed by atoms with Crippen LogP contribution in [0.4, 0.5) is 10.8 Å². The maximum absolute atomic E-state index is 12.3. The molecule has 8 heteroatoms. The summed E-state index contributed by atoms with van der Waals surface area (Å²) in [7, 11) is 0. The maximum atomic E-state index is 12.3. The van der Waals surface area contributed by atoms with Crippen molar-refractivity contribution in [3.63, 3.8) is 0 Å². The summed E-state index contributed by atoms with van der Waals surface area (Å²) in [4.78, 5) is 29.3. The second-order valence-electron chi connectivity index (χ2n) is 5.50. The number of nitro benzene ring substituents is 1. The molecular weight excluding hydrogens is 354 g/mol. The smallest absolute Gasteiger partial charge is 0.343 e. The van der Waals surface area contributed by atoms with E-state index >= 15 is 0 Å². The predicted octanol–water partition coefficient (Wildman–Crippen LogP) is 4.27. The third-order valence-corrected chi connectivity index (χ3v) is 4.96. The third kappa shape index (κ3) is 3.65. The Morgan fingerprint density at radius 1 is 1.23 bits per heavy atom. The Morgan fingerprint density at radius 2 is 2.00 bits per heavy atom. The molecule has 1 heterocycles. The minimum atomic E-state index is -0.637. The first kappa shape index (κ1) is 17.8. The molecule has 3 aromatic rings. The molecule has 0 bridgehead atoms. The van der Waals surface area contributed by atoms with E-state index in [-0.39, 0.29) is 11.3 Å². The normalized spacial score (nSPS) is 10.7. The van der Waals surface area contributed by atoms with Gasteiger partial charge >= 0.3 is 5.97 Å². The first-order valence-electron chi connectivity index (χ1n) is 8.14. The zero-order chi connectivity index (χ0) is 18.7. The van der Waals surface area contributed by atoms with E-state index in [9.17, 15) is 14.9 Å². The predicted molar refractivity (Wildman–Crippen MR) is 101 cm³/mol. The Bertz CT molecular complexity index is 966. The minimum Gasteiger partial charge on any atom is -0.423 e. The van der Waals surface area contributed by atoms with E-state index in [4.69, 9.17) is 4.74 Å². The molecule has 0 saturated heterocycles. The van der Waals surface area contributed by atoms with Crippen LogP contribution in [0.25, 0.3) is 10.2 Å². The highest BCUT2D eigenvalue weighted by Crippen LogP contribution is 2.31. The van der Waals surface area contributed by atoms with Gasteiger partial charge in [-0.05, 0) is 32.0 Å². The van der Waals surface area contributed by atoms with Gasteiger partial charge in [0, 0.05) is 31.3 Å². The lowest BCUT2D eigenvalue weighted by molar-refractivity contribution is -0.384. The van der Waals surface area contributed by atoms with Crippen LogP contribution in [0.5, 0.6) is 5.75 Å². The molecule has 0 aliphatic rings. The van der Waals surface area contributed by atoms with Gasteiger partial charge in [-0.1, -0.05) is 17.4 Å². The van der Waals surface area contributed by atoms with Gasteiger partial charge in [-0.3, -0.25) is 10.1 Å². The van der Waals surface area contributed by atoms with E-state index in [1.54, 1.807) is 18.2 Å². The van der Waals surface area contributed by atoms with Crippen LogP contribution in [0.3, 0.4) is 0 Å². The highest BCUT2D eigenvalue weighted by Gasteiger charge is 2.15. The van der Waals surface area contributed by atoms with Crippen molar-refractivity contribution in [2.24, 2.45) is 0 Å². The van der Waals surface area contributed by atoms with Crippen molar-refractivity contribution in [1.29, 1.82) is 0 Å². The van der Waals surface area contributed by atoms with Crippen LogP contribution < -0.4 is 9.64 Å². The van der Waals surface area contributed by atoms with Crippen molar-refractivity contribution in [2.45, 2.75) is 13.8 Å². The third-order valence-electron chi connectivity index (χ3n) is 3.89. The fourth-order valence-electron chi connectivity index (χ4n) is 2.50. The lowest BCUT2D eigenvalue weighted by Crippen LogP contribution is -2.21. The van der Waals surface area contributed by atoms with Gasteiger partial charge in [-0.2, -0.15) is 0 Å². The van der Waals surface area contributed by atoms with Gasteiger partial charge in [0.2, 0.25) is 0 Å².